The second-order valence-corrected chi connectivity index (χ2v) is 7.20. The number of anilines is 2. The number of hydrogen-bond donors (Lipinski definition) is 4. The lowest BCUT2D eigenvalue weighted by Crippen LogP contribution is -2.36. The predicted octanol–water partition coefficient (Wildman–Crippen LogP) is 1.41. The molecule has 27 heavy (non-hydrogen) atoms. The van der Waals surface area contributed by atoms with E-state index in [0.717, 1.165) is 0 Å². The van der Waals surface area contributed by atoms with Crippen molar-refractivity contribution < 1.29 is 22.7 Å². The number of hydrogen-bond acceptors (Lipinski definition) is 5. The second kappa shape index (κ2) is 8.41. The largest absolute Gasteiger partial charge is 0.495 e. The molecule has 0 saturated carbocycles. The van der Waals surface area contributed by atoms with E-state index in [1.54, 1.807) is 43.3 Å². The number of amides is 3. The van der Waals surface area contributed by atoms with Gasteiger partial charge in [-0.1, -0.05) is 18.2 Å². The number of rotatable bonds is 7. The molecule has 9 nitrogen and oxygen atoms in total. The van der Waals surface area contributed by atoms with E-state index < -0.39 is 22.0 Å². The van der Waals surface area contributed by atoms with E-state index in [2.05, 4.69) is 15.4 Å². The number of methoxy groups -OCH3 is 1. The molecule has 0 aliphatic carbocycles. The Labute approximate surface area is 157 Å². The third kappa shape index (κ3) is 5.35. The van der Waals surface area contributed by atoms with Crippen LogP contribution in [-0.4, -0.2) is 34.0 Å². The van der Waals surface area contributed by atoms with Crippen LogP contribution in [0.5, 0.6) is 5.75 Å². The summed E-state index contributed by atoms with van der Waals surface area (Å²) in [7, 11) is -2.49. The molecule has 0 unspecified atom stereocenters. The van der Waals surface area contributed by atoms with Crippen molar-refractivity contribution in [1.82, 2.24) is 5.32 Å². The van der Waals surface area contributed by atoms with Crippen LogP contribution in [0.2, 0.25) is 0 Å². The van der Waals surface area contributed by atoms with Gasteiger partial charge in [-0.3, -0.25) is 9.52 Å². The van der Waals surface area contributed by atoms with Crippen molar-refractivity contribution in [3.8, 4) is 5.75 Å². The number of benzene rings is 2. The van der Waals surface area contributed by atoms with Gasteiger partial charge in [-0.15, -0.1) is 0 Å². The van der Waals surface area contributed by atoms with E-state index in [4.69, 9.17) is 10.5 Å². The molecule has 0 bridgehead atoms. The summed E-state index contributed by atoms with van der Waals surface area (Å²) in [5.74, 6) is -0.167. The first-order chi connectivity index (χ1) is 12.7. The van der Waals surface area contributed by atoms with Gasteiger partial charge < -0.3 is 21.1 Å². The zero-order chi connectivity index (χ0) is 20.0. The fourth-order valence-electron chi connectivity index (χ4n) is 2.27. The van der Waals surface area contributed by atoms with E-state index in [1.807, 2.05) is 0 Å². The number of carbonyl (C=O) groups is 2. The summed E-state index contributed by atoms with van der Waals surface area (Å²) in [5, 5.41) is 4.65. The van der Waals surface area contributed by atoms with E-state index in [0.29, 0.717) is 17.0 Å². The van der Waals surface area contributed by atoms with Crippen LogP contribution in [-0.2, 0) is 14.8 Å². The maximum absolute atomic E-state index is 12.8. The Hall–Kier alpha value is -3.27. The zero-order valence-electron chi connectivity index (χ0n) is 14.8. The third-order valence-electron chi connectivity index (χ3n) is 3.54. The van der Waals surface area contributed by atoms with Crippen LogP contribution in [0.3, 0.4) is 0 Å². The predicted molar refractivity (Wildman–Crippen MR) is 101 cm³/mol. The highest BCUT2D eigenvalue weighted by Gasteiger charge is 2.19. The lowest BCUT2D eigenvalue weighted by atomic mass is 10.2. The minimum Gasteiger partial charge on any atom is -0.495 e. The number of primary amides is 1. The van der Waals surface area contributed by atoms with Gasteiger partial charge in [0.1, 0.15) is 5.75 Å². The molecule has 2 rings (SSSR count). The molecule has 3 amide bonds. The molecule has 0 atom stereocenters. The fraction of sp³-hybridized carbons (Fsp3) is 0.176. The number of nitrogens with two attached hydrogens (primary N) is 1. The second-order valence-electron chi connectivity index (χ2n) is 5.55. The van der Waals surface area contributed by atoms with E-state index in [-0.39, 0.29) is 17.1 Å². The molecule has 0 aromatic heterocycles. The highest BCUT2D eigenvalue weighted by atomic mass is 32.2. The summed E-state index contributed by atoms with van der Waals surface area (Å²) in [4.78, 5) is 22.4. The van der Waals surface area contributed by atoms with Gasteiger partial charge in [0.15, 0.2) is 0 Å². The van der Waals surface area contributed by atoms with Gasteiger partial charge in [0.05, 0.1) is 24.2 Å². The first kappa shape index (κ1) is 20.0. The fourth-order valence-corrected chi connectivity index (χ4v) is 3.61. The molecule has 5 N–H and O–H groups in total. The Balaban J connectivity index is 2.26. The number of para-hydroxylation sites is 2. The van der Waals surface area contributed by atoms with Crippen molar-refractivity contribution in [3.05, 3.63) is 48.0 Å². The van der Waals surface area contributed by atoms with Crippen LogP contribution in [0, 0.1) is 6.92 Å². The molecule has 2 aromatic rings. The number of sulfonamides is 1. The van der Waals surface area contributed by atoms with Gasteiger partial charge in [-0.25, -0.2) is 13.2 Å². The Kier molecular flexibility index (Phi) is 6.24. The first-order valence-corrected chi connectivity index (χ1v) is 9.31. The molecule has 0 heterocycles. The summed E-state index contributed by atoms with van der Waals surface area (Å²) >= 11 is 0. The van der Waals surface area contributed by atoms with Gasteiger partial charge in [0.2, 0.25) is 5.91 Å². The molecule has 0 radical (unpaired) electrons. The van der Waals surface area contributed by atoms with Crippen molar-refractivity contribution >= 4 is 33.3 Å². The quantitative estimate of drug-likeness (QED) is 0.564. The van der Waals surface area contributed by atoms with Crippen molar-refractivity contribution in [3.63, 3.8) is 0 Å². The Morgan fingerprint density at radius 2 is 1.85 bits per heavy atom. The van der Waals surface area contributed by atoms with Crippen LogP contribution in [0.1, 0.15) is 5.56 Å². The average molecular weight is 392 g/mol. The monoisotopic (exact) mass is 392 g/mol. The van der Waals surface area contributed by atoms with Crippen LogP contribution < -0.4 is 25.8 Å². The number of aryl methyl sites for hydroxylation is 1. The topological polar surface area (TPSA) is 140 Å². The van der Waals surface area contributed by atoms with Gasteiger partial charge in [0, 0.05) is 5.69 Å². The normalized spacial score (nSPS) is 10.7. The SMILES string of the molecule is COc1ccccc1NS(=O)(=O)c1cc(NC(=O)CNC(N)=O)ccc1C. The Morgan fingerprint density at radius 3 is 2.52 bits per heavy atom. The molecular formula is C17H20N4O5S. The number of ether oxygens (including phenoxy) is 1. The first-order valence-electron chi connectivity index (χ1n) is 7.82. The number of nitrogens with one attached hydrogen (secondary N) is 3. The summed E-state index contributed by atoms with van der Waals surface area (Å²) in [6, 6.07) is 10.2. The standard InChI is InChI=1S/C17H20N4O5S/c1-11-7-8-12(20-16(22)10-19-17(18)23)9-15(11)27(24,25)21-13-5-3-4-6-14(13)26-2/h3-9,21H,10H2,1-2H3,(H,20,22)(H3,18,19,23). The molecule has 144 valence electrons. The van der Waals surface area contributed by atoms with Gasteiger partial charge >= 0.3 is 6.03 Å². The van der Waals surface area contributed by atoms with Gasteiger partial charge in [-0.05, 0) is 36.8 Å². The van der Waals surface area contributed by atoms with Crippen molar-refractivity contribution in [2.45, 2.75) is 11.8 Å². The van der Waals surface area contributed by atoms with Crippen LogP contribution >= 0.6 is 0 Å². The molecule has 0 aliphatic heterocycles. The highest BCUT2D eigenvalue weighted by Crippen LogP contribution is 2.28. The lowest BCUT2D eigenvalue weighted by molar-refractivity contribution is -0.115. The lowest BCUT2D eigenvalue weighted by Gasteiger charge is -2.14. The minimum atomic E-state index is -3.93. The van der Waals surface area contributed by atoms with Crippen molar-refractivity contribution in [1.29, 1.82) is 0 Å². The smallest absolute Gasteiger partial charge is 0.312 e. The van der Waals surface area contributed by atoms with Crippen molar-refractivity contribution in [2.24, 2.45) is 5.73 Å². The molecule has 0 saturated heterocycles. The molecule has 0 fully saturated rings. The summed E-state index contributed by atoms with van der Waals surface area (Å²) in [6.45, 7) is 1.31. The molecule has 2 aromatic carbocycles. The molecule has 0 spiro atoms. The van der Waals surface area contributed by atoms with Crippen LogP contribution in [0.25, 0.3) is 0 Å². The Bertz CT molecular complexity index is 960. The van der Waals surface area contributed by atoms with E-state index in [1.165, 1.54) is 13.2 Å². The van der Waals surface area contributed by atoms with Crippen LogP contribution in [0.4, 0.5) is 16.2 Å². The maximum atomic E-state index is 12.8. The average Bonchev–Trinajstić information content (AvgIpc) is 2.61. The Morgan fingerprint density at radius 1 is 1.15 bits per heavy atom. The maximum Gasteiger partial charge on any atom is 0.312 e. The highest BCUT2D eigenvalue weighted by molar-refractivity contribution is 7.92. The van der Waals surface area contributed by atoms with E-state index in [9.17, 15) is 18.0 Å². The zero-order valence-corrected chi connectivity index (χ0v) is 15.6. The molecular weight excluding hydrogens is 372 g/mol. The summed E-state index contributed by atoms with van der Waals surface area (Å²) in [6.07, 6.45) is 0. The number of carbonyl (C=O) groups excluding carboxylic acids is 2. The number of urea groups is 1. The minimum absolute atomic E-state index is 0.00549. The molecule has 10 heteroatoms. The molecule has 0 aliphatic rings. The third-order valence-corrected chi connectivity index (χ3v) is 5.04. The van der Waals surface area contributed by atoms with Crippen molar-refractivity contribution in [2.75, 3.05) is 23.7 Å². The summed E-state index contributed by atoms with van der Waals surface area (Å²) < 4.78 is 33.2. The van der Waals surface area contributed by atoms with Gasteiger partial charge in [-0.2, -0.15) is 0 Å². The van der Waals surface area contributed by atoms with Gasteiger partial charge in [0.25, 0.3) is 10.0 Å². The van der Waals surface area contributed by atoms with Crippen LogP contribution in [0.15, 0.2) is 47.4 Å². The summed E-state index contributed by atoms with van der Waals surface area (Å²) in [5.41, 5.74) is 5.95. The van der Waals surface area contributed by atoms with E-state index >= 15 is 0 Å².